The molecule has 0 radical (unpaired) electrons. The van der Waals surface area contributed by atoms with Crippen LogP contribution in [0.4, 0.5) is 10.5 Å². The quantitative estimate of drug-likeness (QED) is 0.596. The molecule has 0 aliphatic carbocycles. The fraction of sp³-hybridized carbons (Fsp3) is 0. The molecule has 1 aromatic carbocycles. The fourth-order valence-corrected chi connectivity index (χ4v) is 1.20. The Morgan fingerprint density at radius 1 is 1.12 bits per heavy atom. The number of carboxylic acids is 2. The van der Waals surface area contributed by atoms with E-state index in [0.29, 0.717) is 0 Å². The van der Waals surface area contributed by atoms with E-state index in [1.165, 1.54) is 12.1 Å². The number of carboxylic acid groups (broad SMARTS) is 2. The zero-order valence-corrected chi connectivity index (χ0v) is 7.93. The van der Waals surface area contributed by atoms with Gasteiger partial charge in [-0.05, 0) is 12.1 Å². The predicted octanol–water partition coefficient (Wildman–Crippen LogP) is 0.574. The lowest BCUT2D eigenvalue weighted by Gasteiger charge is -2.08. The van der Waals surface area contributed by atoms with Gasteiger partial charge in [0, 0.05) is 0 Å². The normalized spacial score (nSPS) is 9.50. The van der Waals surface area contributed by atoms with E-state index in [9.17, 15) is 14.4 Å². The Morgan fingerprint density at radius 3 is 2.19 bits per heavy atom. The second-order valence-electron chi connectivity index (χ2n) is 2.83. The topological polar surface area (TPSA) is 130 Å². The van der Waals surface area contributed by atoms with Crippen molar-refractivity contribution in [3.05, 3.63) is 29.3 Å². The lowest BCUT2D eigenvalue weighted by molar-refractivity contribution is 0.0652. The van der Waals surface area contributed by atoms with Gasteiger partial charge in [0.1, 0.15) is 0 Å². The van der Waals surface area contributed by atoms with Crippen LogP contribution < -0.4 is 11.1 Å². The summed E-state index contributed by atoms with van der Waals surface area (Å²) in [5, 5.41) is 19.7. The molecule has 0 fully saturated rings. The van der Waals surface area contributed by atoms with Crippen molar-refractivity contribution in [2.24, 2.45) is 5.73 Å². The minimum atomic E-state index is -1.46. The summed E-state index contributed by atoms with van der Waals surface area (Å²) in [5.74, 6) is -2.85. The van der Waals surface area contributed by atoms with Gasteiger partial charge in [0.15, 0.2) is 0 Å². The first-order chi connectivity index (χ1) is 7.43. The number of nitrogens with one attached hydrogen (secondary N) is 1. The highest BCUT2D eigenvalue weighted by molar-refractivity contribution is 6.07. The van der Waals surface area contributed by atoms with E-state index in [1.54, 1.807) is 0 Å². The van der Waals surface area contributed by atoms with E-state index < -0.39 is 29.1 Å². The second-order valence-corrected chi connectivity index (χ2v) is 2.83. The third kappa shape index (κ3) is 2.27. The van der Waals surface area contributed by atoms with Crippen molar-refractivity contribution in [1.82, 2.24) is 0 Å². The molecule has 1 rings (SSSR count). The van der Waals surface area contributed by atoms with Crippen LogP contribution in [-0.4, -0.2) is 28.2 Å². The molecule has 0 unspecified atom stereocenters. The third-order valence-corrected chi connectivity index (χ3v) is 1.77. The highest BCUT2D eigenvalue weighted by Gasteiger charge is 2.20. The molecule has 1 aromatic rings. The Kier molecular flexibility index (Phi) is 3.09. The molecular weight excluding hydrogens is 216 g/mol. The maximum atomic E-state index is 10.9. The fourth-order valence-electron chi connectivity index (χ4n) is 1.20. The molecule has 0 saturated carbocycles. The maximum Gasteiger partial charge on any atom is 0.338 e. The molecule has 2 amide bonds. The lowest BCUT2D eigenvalue weighted by atomic mass is 10.1. The minimum Gasteiger partial charge on any atom is -0.478 e. The lowest BCUT2D eigenvalue weighted by Crippen LogP contribution is -2.22. The second kappa shape index (κ2) is 4.30. The summed E-state index contributed by atoms with van der Waals surface area (Å²) in [6.07, 6.45) is 0. The Hall–Kier alpha value is -2.57. The van der Waals surface area contributed by atoms with Gasteiger partial charge in [-0.25, -0.2) is 14.4 Å². The van der Waals surface area contributed by atoms with Crippen molar-refractivity contribution in [3.63, 3.8) is 0 Å². The summed E-state index contributed by atoms with van der Waals surface area (Å²) in [7, 11) is 0. The summed E-state index contributed by atoms with van der Waals surface area (Å²) in [4.78, 5) is 32.2. The molecule has 7 nitrogen and oxygen atoms in total. The number of urea groups is 1. The Labute approximate surface area is 89.5 Å². The standard InChI is InChI=1S/C9H8N2O5/c10-9(16)11-5-3-1-2-4(7(12)13)6(5)8(14)15/h1-3H,(H,12,13)(H,14,15)(H3,10,11,16). The zero-order valence-electron chi connectivity index (χ0n) is 7.93. The van der Waals surface area contributed by atoms with Crippen LogP contribution in [0.3, 0.4) is 0 Å². The molecule has 0 aromatic heterocycles. The van der Waals surface area contributed by atoms with Crippen molar-refractivity contribution < 1.29 is 24.6 Å². The number of rotatable bonds is 3. The third-order valence-electron chi connectivity index (χ3n) is 1.77. The van der Waals surface area contributed by atoms with Crippen LogP contribution in [0, 0.1) is 0 Å². The first-order valence-corrected chi connectivity index (χ1v) is 4.09. The number of primary amides is 1. The molecule has 84 valence electrons. The molecular formula is C9H8N2O5. The summed E-state index contributed by atoms with van der Waals surface area (Å²) < 4.78 is 0. The molecule has 5 N–H and O–H groups in total. The van der Waals surface area contributed by atoms with E-state index in [4.69, 9.17) is 15.9 Å². The molecule has 7 heteroatoms. The van der Waals surface area contributed by atoms with Gasteiger partial charge in [0.2, 0.25) is 0 Å². The number of aromatic carboxylic acids is 2. The monoisotopic (exact) mass is 224 g/mol. The van der Waals surface area contributed by atoms with Crippen LogP contribution >= 0.6 is 0 Å². The summed E-state index contributed by atoms with van der Waals surface area (Å²) in [6, 6.07) is 2.71. The number of carbonyl (C=O) groups is 3. The van der Waals surface area contributed by atoms with Gasteiger partial charge in [-0.15, -0.1) is 0 Å². The number of hydrogen-bond donors (Lipinski definition) is 4. The van der Waals surface area contributed by atoms with Crippen molar-refractivity contribution >= 4 is 23.7 Å². The summed E-state index contributed by atoms with van der Waals surface area (Å²) >= 11 is 0. The van der Waals surface area contributed by atoms with E-state index in [-0.39, 0.29) is 5.69 Å². The van der Waals surface area contributed by atoms with Crippen molar-refractivity contribution in [3.8, 4) is 0 Å². The van der Waals surface area contributed by atoms with Gasteiger partial charge in [-0.3, -0.25) is 0 Å². The van der Waals surface area contributed by atoms with E-state index >= 15 is 0 Å². The van der Waals surface area contributed by atoms with Crippen LogP contribution in [0.5, 0.6) is 0 Å². The molecule has 0 spiro atoms. The number of hydrogen-bond acceptors (Lipinski definition) is 3. The van der Waals surface area contributed by atoms with Crippen LogP contribution in [0.15, 0.2) is 18.2 Å². The average molecular weight is 224 g/mol. The summed E-state index contributed by atoms with van der Waals surface area (Å²) in [5.41, 5.74) is 3.75. The molecule has 16 heavy (non-hydrogen) atoms. The highest BCUT2D eigenvalue weighted by Crippen LogP contribution is 2.20. The van der Waals surface area contributed by atoms with Crippen molar-refractivity contribution in [2.45, 2.75) is 0 Å². The average Bonchev–Trinajstić information content (AvgIpc) is 2.15. The van der Waals surface area contributed by atoms with Crippen LogP contribution in [0.25, 0.3) is 0 Å². The molecule has 0 aliphatic rings. The molecule has 0 atom stereocenters. The first kappa shape index (κ1) is 11.5. The predicted molar refractivity (Wildman–Crippen MR) is 53.6 cm³/mol. The maximum absolute atomic E-state index is 10.9. The largest absolute Gasteiger partial charge is 0.478 e. The molecule has 0 heterocycles. The van der Waals surface area contributed by atoms with Gasteiger partial charge in [-0.2, -0.15) is 0 Å². The minimum absolute atomic E-state index is 0.153. The number of carbonyl (C=O) groups excluding carboxylic acids is 1. The molecule has 0 bridgehead atoms. The van der Waals surface area contributed by atoms with Crippen LogP contribution in [0.2, 0.25) is 0 Å². The Balaban J connectivity index is 3.38. The van der Waals surface area contributed by atoms with E-state index in [0.717, 1.165) is 6.07 Å². The number of benzene rings is 1. The Morgan fingerprint density at radius 2 is 1.75 bits per heavy atom. The first-order valence-electron chi connectivity index (χ1n) is 4.09. The zero-order chi connectivity index (χ0) is 12.3. The van der Waals surface area contributed by atoms with Gasteiger partial charge >= 0.3 is 18.0 Å². The highest BCUT2D eigenvalue weighted by atomic mass is 16.4. The van der Waals surface area contributed by atoms with Crippen molar-refractivity contribution in [1.29, 1.82) is 0 Å². The van der Waals surface area contributed by atoms with Gasteiger partial charge in [0.05, 0.1) is 16.8 Å². The Bertz CT molecular complexity index is 469. The number of anilines is 1. The van der Waals surface area contributed by atoms with Crippen LogP contribution in [0.1, 0.15) is 20.7 Å². The van der Waals surface area contributed by atoms with E-state index in [2.05, 4.69) is 0 Å². The molecule has 0 aliphatic heterocycles. The number of nitrogens with two attached hydrogens (primary N) is 1. The van der Waals surface area contributed by atoms with Crippen molar-refractivity contribution in [2.75, 3.05) is 5.32 Å². The number of amides is 2. The van der Waals surface area contributed by atoms with Gasteiger partial charge < -0.3 is 21.3 Å². The van der Waals surface area contributed by atoms with Gasteiger partial charge in [-0.1, -0.05) is 6.07 Å². The summed E-state index contributed by atoms with van der Waals surface area (Å²) in [6.45, 7) is 0. The van der Waals surface area contributed by atoms with Gasteiger partial charge in [0.25, 0.3) is 0 Å². The van der Waals surface area contributed by atoms with E-state index in [1.807, 2.05) is 5.32 Å². The van der Waals surface area contributed by atoms with Crippen LogP contribution in [-0.2, 0) is 0 Å². The smallest absolute Gasteiger partial charge is 0.338 e. The molecule has 0 saturated heterocycles. The SMILES string of the molecule is NC(=O)Nc1cccc(C(=O)O)c1C(=O)O.